The van der Waals surface area contributed by atoms with E-state index in [1.807, 2.05) is 0 Å². The fraction of sp³-hybridized carbons (Fsp3) is 0.500. The molecule has 0 spiro atoms. The van der Waals surface area contributed by atoms with Gasteiger partial charge < -0.3 is 4.74 Å². The van der Waals surface area contributed by atoms with Crippen LogP contribution < -0.4 is 0 Å². The van der Waals surface area contributed by atoms with Gasteiger partial charge in [-0.25, -0.2) is 4.79 Å². The van der Waals surface area contributed by atoms with Gasteiger partial charge in [-0.2, -0.15) is 0 Å². The van der Waals surface area contributed by atoms with Crippen molar-refractivity contribution in [2.45, 2.75) is 13.8 Å². The first-order valence-corrected chi connectivity index (χ1v) is 2.71. The van der Waals surface area contributed by atoms with E-state index in [-0.39, 0.29) is 33.5 Å². The zero-order valence-corrected chi connectivity index (χ0v) is 8.43. The molecule has 0 aliphatic rings. The fourth-order valence-corrected chi connectivity index (χ4v) is 0.269. The molecule has 0 atom stereocenters. The Kier molecular flexibility index (Phi) is 7.42. The third-order valence-corrected chi connectivity index (χ3v) is 0.694. The van der Waals surface area contributed by atoms with Gasteiger partial charge in [-0.3, -0.25) is 9.59 Å². The summed E-state index contributed by atoms with van der Waals surface area (Å²) in [7, 11) is 0. The van der Waals surface area contributed by atoms with Gasteiger partial charge >= 0.3 is 5.97 Å². The number of Topliss-reactive ketones (excluding diaryl/α,β-unsaturated/α-hetero) is 2. The first-order valence-electron chi connectivity index (χ1n) is 2.71. The van der Waals surface area contributed by atoms with Crippen molar-refractivity contribution in [3.05, 3.63) is 0 Å². The van der Waals surface area contributed by atoms with Gasteiger partial charge in [0.05, 0.1) is 0 Å². The maximum absolute atomic E-state index is 10.3. The van der Waals surface area contributed by atoms with Crippen LogP contribution in [0.5, 0.6) is 0 Å². The average molecular weight is 339 g/mol. The maximum Gasteiger partial charge on any atom is 0.374 e. The standard InChI is InChI=1S/C6H8O4.Pt/c1-4(7)3-10-6(9)5(2)8;/h3H2,1-2H3;. The van der Waals surface area contributed by atoms with Crippen molar-refractivity contribution in [2.24, 2.45) is 0 Å². The van der Waals surface area contributed by atoms with Crippen molar-refractivity contribution < 1.29 is 40.2 Å². The van der Waals surface area contributed by atoms with Gasteiger partial charge in [0.15, 0.2) is 5.78 Å². The van der Waals surface area contributed by atoms with Crippen molar-refractivity contribution in [3.63, 3.8) is 0 Å². The molecule has 0 saturated heterocycles. The minimum absolute atomic E-state index is 0. The van der Waals surface area contributed by atoms with Crippen LogP contribution in [0.15, 0.2) is 0 Å². The molecule has 0 saturated carbocycles. The summed E-state index contributed by atoms with van der Waals surface area (Å²) >= 11 is 0. The minimum Gasteiger partial charge on any atom is -0.452 e. The number of hydrogen-bond acceptors (Lipinski definition) is 4. The molecule has 0 rings (SSSR count). The van der Waals surface area contributed by atoms with E-state index in [1.165, 1.54) is 6.92 Å². The normalized spacial score (nSPS) is 7.82. The van der Waals surface area contributed by atoms with E-state index in [1.54, 1.807) is 0 Å². The van der Waals surface area contributed by atoms with E-state index in [0.29, 0.717) is 0 Å². The van der Waals surface area contributed by atoms with E-state index in [2.05, 4.69) is 4.74 Å². The smallest absolute Gasteiger partial charge is 0.374 e. The zero-order valence-electron chi connectivity index (χ0n) is 6.16. The molecular formula is C6H8O4Pt. The number of carbonyl (C=O) groups is 3. The van der Waals surface area contributed by atoms with E-state index >= 15 is 0 Å². The van der Waals surface area contributed by atoms with Gasteiger partial charge in [0.25, 0.3) is 0 Å². The molecule has 0 fully saturated rings. The Labute approximate surface area is 78.6 Å². The van der Waals surface area contributed by atoms with Gasteiger partial charge in [0, 0.05) is 28.0 Å². The monoisotopic (exact) mass is 339 g/mol. The Morgan fingerprint density at radius 3 is 1.91 bits per heavy atom. The van der Waals surface area contributed by atoms with Gasteiger partial charge in [0.1, 0.15) is 6.61 Å². The van der Waals surface area contributed by atoms with Crippen LogP contribution in [0.1, 0.15) is 13.8 Å². The summed E-state index contributed by atoms with van der Waals surface area (Å²) in [5.41, 5.74) is 0. The number of hydrogen-bond donors (Lipinski definition) is 0. The van der Waals surface area contributed by atoms with Crippen LogP contribution in [0, 0.1) is 0 Å². The van der Waals surface area contributed by atoms with Crippen molar-refractivity contribution in [3.8, 4) is 0 Å². The SMILES string of the molecule is CC(=O)COC(=O)C(C)=O.[Pt]. The Morgan fingerprint density at radius 1 is 1.18 bits per heavy atom. The summed E-state index contributed by atoms with van der Waals surface area (Å²) in [5, 5.41) is 0. The number of ether oxygens (including phenoxy) is 1. The van der Waals surface area contributed by atoms with Crippen molar-refractivity contribution in [1.82, 2.24) is 0 Å². The van der Waals surface area contributed by atoms with E-state index in [9.17, 15) is 14.4 Å². The third-order valence-electron chi connectivity index (χ3n) is 0.694. The molecule has 0 bridgehead atoms. The topological polar surface area (TPSA) is 60.4 Å². The number of carbonyl (C=O) groups excluding carboxylic acids is 3. The van der Waals surface area contributed by atoms with Crippen LogP contribution in [0.3, 0.4) is 0 Å². The predicted molar refractivity (Wildman–Crippen MR) is 32.3 cm³/mol. The van der Waals surface area contributed by atoms with Crippen molar-refractivity contribution in [2.75, 3.05) is 6.61 Å². The molecule has 0 heterocycles. The summed E-state index contributed by atoms with van der Waals surface area (Å²) in [6, 6.07) is 0. The molecule has 0 amide bonds. The number of rotatable bonds is 3. The Bertz CT molecular complexity index is 175. The molecule has 0 aromatic heterocycles. The summed E-state index contributed by atoms with van der Waals surface area (Å²) in [4.78, 5) is 30.7. The largest absolute Gasteiger partial charge is 0.452 e. The molecule has 4 nitrogen and oxygen atoms in total. The Balaban J connectivity index is 0. The van der Waals surface area contributed by atoms with Crippen LogP contribution in [-0.2, 0) is 40.2 Å². The molecule has 0 aliphatic carbocycles. The van der Waals surface area contributed by atoms with Gasteiger partial charge in [-0.05, 0) is 6.92 Å². The molecule has 5 heteroatoms. The zero-order chi connectivity index (χ0) is 8.15. The molecule has 0 aliphatic heterocycles. The minimum atomic E-state index is -0.963. The second kappa shape index (κ2) is 6.22. The van der Waals surface area contributed by atoms with Gasteiger partial charge in [-0.15, -0.1) is 0 Å². The molecular weight excluding hydrogens is 331 g/mol. The predicted octanol–water partition coefficient (Wildman–Crippen LogP) is -0.295. The first-order chi connectivity index (χ1) is 4.54. The second-order valence-corrected chi connectivity index (χ2v) is 1.83. The molecule has 0 N–H and O–H groups in total. The molecule has 0 unspecified atom stereocenters. The number of ketones is 2. The van der Waals surface area contributed by atoms with Gasteiger partial charge in [-0.1, -0.05) is 0 Å². The molecule has 66 valence electrons. The summed E-state index contributed by atoms with van der Waals surface area (Å²) in [6.07, 6.45) is 0. The summed E-state index contributed by atoms with van der Waals surface area (Å²) in [6.45, 7) is 2.04. The van der Waals surface area contributed by atoms with E-state index < -0.39 is 11.8 Å². The molecule has 0 aromatic carbocycles. The molecule has 0 aromatic rings. The Morgan fingerprint density at radius 2 is 1.64 bits per heavy atom. The van der Waals surface area contributed by atoms with Crippen LogP contribution >= 0.6 is 0 Å². The molecule has 0 radical (unpaired) electrons. The average Bonchev–Trinajstić information content (AvgIpc) is 1.82. The van der Waals surface area contributed by atoms with Crippen LogP contribution in [0.2, 0.25) is 0 Å². The van der Waals surface area contributed by atoms with Gasteiger partial charge in [0.2, 0.25) is 5.78 Å². The van der Waals surface area contributed by atoms with Crippen LogP contribution in [0.25, 0.3) is 0 Å². The van der Waals surface area contributed by atoms with E-state index in [4.69, 9.17) is 0 Å². The molecule has 11 heavy (non-hydrogen) atoms. The van der Waals surface area contributed by atoms with E-state index in [0.717, 1.165) is 6.92 Å². The number of esters is 1. The second-order valence-electron chi connectivity index (χ2n) is 1.83. The van der Waals surface area contributed by atoms with Crippen LogP contribution in [-0.4, -0.2) is 24.1 Å². The third kappa shape index (κ3) is 7.39. The quantitative estimate of drug-likeness (QED) is 0.524. The summed E-state index contributed by atoms with van der Waals surface area (Å²) in [5.74, 6) is -1.94. The summed E-state index contributed by atoms with van der Waals surface area (Å²) < 4.78 is 4.23. The van der Waals surface area contributed by atoms with Crippen molar-refractivity contribution >= 4 is 17.5 Å². The maximum atomic E-state index is 10.3. The Hall–Kier alpha value is -0.502. The first kappa shape index (κ1) is 13.1. The van der Waals surface area contributed by atoms with Crippen LogP contribution in [0.4, 0.5) is 0 Å². The fourth-order valence-electron chi connectivity index (χ4n) is 0.269. The van der Waals surface area contributed by atoms with Crippen molar-refractivity contribution in [1.29, 1.82) is 0 Å².